The molecule has 1 aliphatic carbocycles. The summed E-state index contributed by atoms with van der Waals surface area (Å²) in [6.45, 7) is 2.24. The monoisotopic (exact) mass is 354 g/mol. The molecule has 1 heterocycles. The molecule has 23 heavy (non-hydrogen) atoms. The maximum atomic E-state index is 12.8. The van der Waals surface area contributed by atoms with Crippen LogP contribution in [-0.4, -0.2) is 47.2 Å². The fourth-order valence-electron chi connectivity index (χ4n) is 3.99. The molecule has 0 spiro atoms. The fourth-order valence-corrected chi connectivity index (χ4v) is 4.51. The van der Waals surface area contributed by atoms with Gasteiger partial charge in [-0.25, -0.2) is 0 Å². The number of amides is 1. The van der Waals surface area contributed by atoms with E-state index in [1.54, 1.807) is 0 Å². The highest BCUT2D eigenvalue weighted by Gasteiger charge is 2.42. The Labute approximate surface area is 148 Å². The van der Waals surface area contributed by atoms with E-state index in [9.17, 15) is 4.79 Å². The predicted molar refractivity (Wildman–Crippen MR) is 96.5 cm³/mol. The number of nitrogens with zero attached hydrogens (tertiary/aromatic N) is 2. The number of benzene rings is 1. The van der Waals surface area contributed by atoms with Crippen molar-refractivity contribution < 1.29 is 4.79 Å². The zero-order valence-corrected chi connectivity index (χ0v) is 14.8. The standard InChI is InChI=1S/C18H24Cl2N2O/c19-9-8-18(23)22(15-6-2-1-3-7-15)17-13-14(20)12-16(17)21-10-4-5-11-21/h1-3,6-7,14,16-17H,4-5,8-13H2. The van der Waals surface area contributed by atoms with Crippen LogP contribution in [0.5, 0.6) is 0 Å². The third-order valence-corrected chi connectivity index (χ3v) is 5.54. The average Bonchev–Trinajstić information content (AvgIpc) is 3.18. The summed E-state index contributed by atoms with van der Waals surface area (Å²) in [5.41, 5.74) is 0.961. The molecule has 1 amide bonds. The van der Waals surface area contributed by atoms with Crippen LogP contribution in [0.15, 0.2) is 30.3 Å². The molecule has 126 valence electrons. The van der Waals surface area contributed by atoms with E-state index in [2.05, 4.69) is 4.90 Å². The predicted octanol–water partition coefficient (Wildman–Crippen LogP) is 3.88. The quantitative estimate of drug-likeness (QED) is 0.749. The highest BCUT2D eigenvalue weighted by Crippen LogP contribution is 2.36. The molecule has 2 fully saturated rings. The summed E-state index contributed by atoms with van der Waals surface area (Å²) < 4.78 is 0. The number of hydrogen-bond acceptors (Lipinski definition) is 2. The van der Waals surface area contributed by atoms with Crippen LogP contribution in [0, 0.1) is 0 Å². The number of anilines is 1. The normalized spacial score (nSPS) is 28.2. The number of para-hydroxylation sites is 1. The number of likely N-dealkylation sites (tertiary alicyclic amines) is 1. The lowest BCUT2D eigenvalue weighted by molar-refractivity contribution is -0.118. The number of hydrogen-bond donors (Lipinski definition) is 0. The fraction of sp³-hybridized carbons (Fsp3) is 0.611. The minimum Gasteiger partial charge on any atom is -0.308 e. The highest BCUT2D eigenvalue weighted by atomic mass is 35.5. The van der Waals surface area contributed by atoms with E-state index in [-0.39, 0.29) is 17.3 Å². The largest absolute Gasteiger partial charge is 0.308 e. The van der Waals surface area contributed by atoms with Crippen molar-refractivity contribution in [2.75, 3.05) is 23.9 Å². The molecule has 1 aromatic carbocycles. The number of alkyl halides is 2. The summed E-state index contributed by atoms with van der Waals surface area (Å²) in [5, 5.41) is 0.139. The van der Waals surface area contributed by atoms with Gasteiger partial charge in [-0.15, -0.1) is 23.2 Å². The van der Waals surface area contributed by atoms with Crippen molar-refractivity contribution >= 4 is 34.8 Å². The van der Waals surface area contributed by atoms with Crippen LogP contribution in [-0.2, 0) is 4.79 Å². The molecule has 0 bridgehead atoms. The van der Waals surface area contributed by atoms with E-state index in [0.717, 1.165) is 31.6 Å². The van der Waals surface area contributed by atoms with Gasteiger partial charge in [0.1, 0.15) is 0 Å². The smallest absolute Gasteiger partial charge is 0.228 e. The van der Waals surface area contributed by atoms with Crippen LogP contribution in [0.25, 0.3) is 0 Å². The van der Waals surface area contributed by atoms with Gasteiger partial charge in [0, 0.05) is 29.4 Å². The summed E-state index contributed by atoms with van der Waals surface area (Å²) in [5.74, 6) is 0.458. The van der Waals surface area contributed by atoms with Crippen molar-refractivity contribution in [2.24, 2.45) is 0 Å². The van der Waals surface area contributed by atoms with Crippen molar-refractivity contribution in [2.45, 2.75) is 49.6 Å². The van der Waals surface area contributed by atoms with Gasteiger partial charge in [0.05, 0.1) is 6.04 Å². The Kier molecular flexibility index (Phi) is 5.84. The molecular formula is C18H24Cl2N2O. The lowest BCUT2D eigenvalue weighted by atomic mass is 10.1. The van der Waals surface area contributed by atoms with Crippen LogP contribution in [0.2, 0.25) is 0 Å². The SMILES string of the molecule is O=C(CCCl)N(c1ccccc1)C1CC(Cl)CC1N1CCCC1. The van der Waals surface area contributed by atoms with Crippen LogP contribution < -0.4 is 4.90 Å². The van der Waals surface area contributed by atoms with Gasteiger partial charge in [-0.05, 0) is 50.9 Å². The molecular weight excluding hydrogens is 331 g/mol. The molecule has 2 aliphatic rings. The van der Waals surface area contributed by atoms with Gasteiger partial charge in [0.15, 0.2) is 0 Å². The zero-order valence-electron chi connectivity index (χ0n) is 13.3. The van der Waals surface area contributed by atoms with Crippen molar-refractivity contribution in [3.8, 4) is 0 Å². The van der Waals surface area contributed by atoms with Gasteiger partial charge < -0.3 is 4.90 Å². The molecule has 3 rings (SSSR count). The van der Waals surface area contributed by atoms with E-state index in [0.29, 0.717) is 18.3 Å². The third kappa shape index (κ3) is 3.84. The first-order valence-electron chi connectivity index (χ1n) is 8.52. The van der Waals surface area contributed by atoms with Crippen LogP contribution in [0.4, 0.5) is 5.69 Å². The van der Waals surface area contributed by atoms with Gasteiger partial charge in [0.25, 0.3) is 0 Å². The van der Waals surface area contributed by atoms with Gasteiger partial charge in [-0.3, -0.25) is 9.69 Å². The summed E-state index contributed by atoms with van der Waals surface area (Å²) in [4.78, 5) is 17.3. The van der Waals surface area contributed by atoms with Crippen LogP contribution in [0.1, 0.15) is 32.1 Å². The number of rotatable bonds is 5. The molecule has 1 saturated heterocycles. The topological polar surface area (TPSA) is 23.6 Å². The van der Waals surface area contributed by atoms with Crippen molar-refractivity contribution in [3.05, 3.63) is 30.3 Å². The van der Waals surface area contributed by atoms with Crippen molar-refractivity contribution in [1.29, 1.82) is 0 Å². The van der Waals surface area contributed by atoms with Crippen LogP contribution >= 0.6 is 23.2 Å². The highest BCUT2D eigenvalue weighted by molar-refractivity contribution is 6.21. The summed E-state index contributed by atoms with van der Waals surface area (Å²) in [6.07, 6.45) is 4.68. The molecule has 0 aromatic heterocycles. The first-order valence-corrected chi connectivity index (χ1v) is 9.49. The molecule has 5 heteroatoms. The van der Waals surface area contributed by atoms with Gasteiger partial charge in [-0.2, -0.15) is 0 Å². The van der Waals surface area contributed by atoms with E-state index in [4.69, 9.17) is 23.2 Å². The maximum absolute atomic E-state index is 12.8. The van der Waals surface area contributed by atoms with Crippen molar-refractivity contribution in [3.63, 3.8) is 0 Å². The molecule has 3 unspecified atom stereocenters. The van der Waals surface area contributed by atoms with E-state index < -0.39 is 0 Å². The summed E-state index contributed by atoms with van der Waals surface area (Å²) in [7, 11) is 0. The number of carbonyl (C=O) groups excluding carboxylic acids is 1. The molecule has 1 aliphatic heterocycles. The second kappa shape index (κ2) is 7.87. The Hall–Kier alpha value is -0.770. The second-order valence-electron chi connectivity index (χ2n) is 6.48. The number of halogens is 2. The third-order valence-electron chi connectivity index (χ3n) is 4.99. The minimum absolute atomic E-state index is 0.103. The van der Waals surface area contributed by atoms with Gasteiger partial charge >= 0.3 is 0 Å². The first kappa shape index (κ1) is 17.1. The van der Waals surface area contributed by atoms with E-state index in [1.165, 1.54) is 12.8 Å². The zero-order chi connectivity index (χ0) is 16.2. The Morgan fingerprint density at radius 3 is 2.52 bits per heavy atom. The maximum Gasteiger partial charge on any atom is 0.228 e. The second-order valence-corrected chi connectivity index (χ2v) is 7.48. The average molecular weight is 355 g/mol. The summed E-state index contributed by atoms with van der Waals surface area (Å²) >= 11 is 12.3. The van der Waals surface area contributed by atoms with Gasteiger partial charge in [-0.1, -0.05) is 18.2 Å². The minimum atomic E-state index is 0.103. The molecule has 3 nitrogen and oxygen atoms in total. The van der Waals surface area contributed by atoms with Gasteiger partial charge in [0.2, 0.25) is 5.91 Å². The Morgan fingerprint density at radius 2 is 1.87 bits per heavy atom. The molecule has 1 saturated carbocycles. The van der Waals surface area contributed by atoms with E-state index >= 15 is 0 Å². The molecule has 3 atom stereocenters. The Bertz CT molecular complexity index is 519. The number of carbonyl (C=O) groups is 1. The molecule has 0 N–H and O–H groups in total. The van der Waals surface area contributed by atoms with Crippen LogP contribution in [0.3, 0.4) is 0 Å². The molecule has 0 radical (unpaired) electrons. The molecule has 1 aromatic rings. The summed E-state index contributed by atoms with van der Waals surface area (Å²) in [6, 6.07) is 10.5. The lowest BCUT2D eigenvalue weighted by Crippen LogP contribution is -2.50. The van der Waals surface area contributed by atoms with Crippen molar-refractivity contribution in [1.82, 2.24) is 4.90 Å². The first-order chi connectivity index (χ1) is 11.2. The lowest BCUT2D eigenvalue weighted by Gasteiger charge is -2.37. The van der Waals surface area contributed by atoms with E-state index in [1.807, 2.05) is 35.2 Å². The Morgan fingerprint density at radius 1 is 1.17 bits per heavy atom. The Balaban J connectivity index is 1.89.